The molecule has 0 spiro atoms. The number of nitrogens with two attached hydrogens (primary N) is 1. The fourth-order valence-corrected chi connectivity index (χ4v) is 3.09. The van der Waals surface area contributed by atoms with Crippen molar-refractivity contribution in [3.8, 4) is 11.3 Å². The number of halogens is 1. The quantitative estimate of drug-likeness (QED) is 0.565. The molecule has 0 saturated carbocycles. The van der Waals surface area contributed by atoms with Crippen molar-refractivity contribution in [2.75, 3.05) is 5.73 Å². The van der Waals surface area contributed by atoms with Gasteiger partial charge in [-0.2, -0.15) is 0 Å². The molecule has 1 atom stereocenters. The van der Waals surface area contributed by atoms with Crippen LogP contribution in [-0.2, 0) is 0 Å². The molecule has 0 bridgehead atoms. The molecule has 1 heterocycles. The second-order valence-electron chi connectivity index (χ2n) is 6.07. The minimum atomic E-state index is -0.362. The number of benzene rings is 3. The van der Waals surface area contributed by atoms with Crippen molar-refractivity contribution < 1.29 is 4.39 Å². The summed E-state index contributed by atoms with van der Waals surface area (Å²) in [6.07, 6.45) is 1.75. The molecule has 0 aliphatic carbocycles. The van der Waals surface area contributed by atoms with Gasteiger partial charge in [0.05, 0.1) is 12.2 Å². The molecular formula is C20H17FN4. The minimum absolute atomic E-state index is 0.0310. The first-order valence-electron chi connectivity index (χ1n) is 8.08. The number of aromatic nitrogens is 3. The lowest BCUT2D eigenvalue weighted by Gasteiger charge is -2.14. The van der Waals surface area contributed by atoms with Gasteiger partial charge in [-0.25, -0.2) is 9.07 Å². The molecule has 3 aromatic carbocycles. The van der Waals surface area contributed by atoms with Crippen molar-refractivity contribution in [2.45, 2.75) is 13.0 Å². The molecule has 0 saturated heterocycles. The summed E-state index contributed by atoms with van der Waals surface area (Å²) in [5, 5.41) is 10.7. The van der Waals surface area contributed by atoms with Gasteiger partial charge >= 0.3 is 0 Å². The summed E-state index contributed by atoms with van der Waals surface area (Å²) < 4.78 is 15.8. The van der Waals surface area contributed by atoms with E-state index in [0.29, 0.717) is 16.9 Å². The zero-order chi connectivity index (χ0) is 17.4. The summed E-state index contributed by atoms with van der Waals surface area (Å²) in [5.41, 5.74) is 8.23. The Morgan fingerprint density at radius 3 is 2.72 bits per heavy atom. The Morgan fingerprint density at radius 2 is 1.84 bits per heavy atom. The van der Waals surface area contributed by atoms with Crippen molar-refractivity contribution in [2.24, 2.45) is 0 Å². The number of fused-ring (bicyclic) bond motifs is 1. The first-order valence-corrected chi connectivity index (χ1v) is 8.08. The minimum Gasteiger partial charge on any atom is -0.399 e. The summed E-state index contributed by atoms with van der Waals surface area (Å²) in [5.74, 6) is -0.362. The average Bonchev–Trinajstić information content (AvgIpc) is 3.12. The molecule has 4 rings (SSSR count). The molecule has 2 N–H and O–H groups in total. The third kappa shape index (κ3) is 2.74. The lowest BCUT2D eigenvalue weighted by Crippen LogP contribution is -2.08. The van der Waals surface area contributed by atoms with Crippen LogP contribution in [0.4, 0.5) is 10.1 Å². The van der Waals surface area contributed by atoms with E-state index in [1.807, 2.05) is 18.2 Å². The normalized spacial score (nSPS) is 12.4. The zero-order valence-electron chi connectivity index (χ0n) is 13.7. The van der Waals surface area contributed by atoms with Crippen LogP contribution in [0.25, 0.3) is 22.0 Å². The molecule has 5 heteroatoms. The molecule has 124 valence electrons. The summed E-state index contributed by atoms with van der Waals surface area (Å²) >= 11 is 0. The van der Waals surface area contributed by atoms with E-state index in [0.717, 1.165) is 5.56 Å². The second-order valence-corrected chi connectivity index (χ2v) is 6.07. The van der Waals surface area contributed by atoms with Crippen LogP contribution in [-0.4, -0.2) is 15.0 Å². The van der Waals surface area contributed by atoms with E-state index in [-0.39, 0.29) is 11.9 Å². The zero-order valence-corrected chi connectivity index (χ0v) is 13.7. The summed E-state index contributed by atoms with van der Waals surface area (Å²) in [6, 6.07) is 18.8. The molecule has 0 radical (unpaired) electrons. The molecule has 0 aliphatic rings. The van der Waals surface area contributed by atoms with Gasteiger partial charge in [0.2, 0.25) is 0 Å². The fraction of sp³-hybridized carbons (Fsp3) is 0.100. The Morgan fingerprint density at radius 1 is 1.04 bits per heavy atom. The van der Waals surface area contributed by atoms with Crippen LogP contribution < -0.4 is 5.73 Å². The van der Waals surface area contributed by atoms with Crippen LogP contribution in [0.5, 0.6) is 0 Å². The Balaban J connectivity index is 1.75. The van der Waals surface area contributed by atoms with Gasteiger partial charge < -0.3 is 5.73 Å². The van der Waals surface area contributed by atoms with Gasteiger partial charge in [-0.15, -0.1) is 5.10 Å². The Hall–Kier alpha value is -3.21. The van der Waals surface area contributed by atoms with Crippen LogP contribution in [0.2, 0.25) is 0 Å². The molecule has 1 unspecified atom stereocenters. The number of rotatable bonds is 3. The van der Waals surface area contributed by atoms with Crippen molar-refractivity contribution in [3.05, 3.63) is 78.2 Å². The van der Waals surface area contributed by atoms with E-state index in [1.54, 1.807) is 16.9 Å². The highest BCUT2D eigenvalue weighted by Gasteiger charge is 2.15. The van der Waals surface area contributed by atoms with Crippen molar-refractivity contribution in [1.82, 2.24) is 15.0 Å². The Labute approximate surface area is 144 Å². The molecule has 0 amide bonds. The van der Waals surface area contributed by atoms with Gasteiger partial charge in [0, 0.05) is 11.3 Å². The molecular weight excluding hydrogens is 315 g/mol. The van der Waals surface area contributed by atoms with Gasteiger partial charge in [0.25, 0.3) is 0 Å². The van der Waals surface area contributed by atoms with Crippen LogP contribution in [0.15, 0.2) is 66.9 Å². The van der Waals surface area contributed by atoms with E-state index >= 15 is 0 Å². The number of hydrogen-bond donors (Lipinski definition) is 1. The standard InChI is InChI=1S/C20H17FN4/c1-13(16-8-4-6-14-5-2-3-7-17(14)16)25-12-20(23-24-25)18-11-15(22)9-10-19(18)21/h2-13H,22H2,1H3. The van der Waals surface area contributed by atoms with E-state index in [4.69, 9.17) is 5.73 Å². The average molecular weight is 332 g/mol. The topological polar surface area (TPSA) is 56.7 Å². The van der Waals surface area contributed by atoms with E-state index in [1.165, 1.54) is 22.9 Å². The molecule has 4 aromatic rings. The lowest BCUT2D eigenvalue weighted by atomic mass is 10.00. The van der Waals surface area contributed by atoms with Gasteiger partial charge in [0.1, 0.15) is 11.5 Å². The van der Waals surface area contributed by atoms with E-state index < -0.39 is 0 Å². The molecule has 4 nitrogen and oxygen atoms in total. The molecule has 25 heavy (non-hydrogen) atoms. The number of hydrogen-bond acceptors (Lipinski definition) is 3. The van der Waals surface area contributed by atoms with Gasteiger partial charge in [-0.1, -0.05) is 47.7 Å². The van der Waals surface area contributed by atoms with Crippen LogP contribution in [0, 0.1) is 5.82 Å². The monoisotopic (exact) mass is 332 g/mol. The first-order chi connectivity index (χ1) is 12.1. The fourth-order valence-electron chi connectivity index (χ4n) is 3.09. The van der Waals surface area contributed by atoms with Crippen LogP contribution >= 0.6 is 0 Å². The Kier molecular flexibility index (Phi) is 3.69. The maximum absolute atomic E-state index is 14.1. The van der Waals surface area contributed by atoms with E-state index in [2.05, 4.69) is 41.5 Å². The van der Waals surface area contributed by atoms with Crippen LogP contribution in [0.3, 0.4) is 0 Å². The lowest BCUT2D eigenvalue weighted by molar-refractivity contribution is 0.546. The van der Waals surface area contributed by atoms with Gasteiger partial charge in [-0.05, 0) is 41.5 Å². The molecule has 0 aliphatic heterocycles. The maximum Gasteiger partial charge on any atom is 0.132 e. The number of anilines is 1. The summed E-state index contributed by atoms with van der Waals surface area (Å²) in [7, 11) is 0. The Bertz CT molecular complexity index is 1050. The van der Waals surface area contributed by atoms with Gasteiger partial charge in [-0.3, -0.25) is 0 Å². The number of nitrogens with zero attached hydrogens (tertiary/aromatic N) is 3. The summed E-state index contributed by atoms with van der Waals surface area (Å²) in [4.78, 5) is 0. The van der Waals surface area contributed by atoms with Crippen molar-refractivity contribution in [1.29, 1.82) is 0 Å². The van der Waals surface area contributed by atoms with Crippen molar-refractivity contribution in [3.63, 3.8) is 0 Å². The second kappa shape index (κ2) is 6.02. The molecule has 1 aromatic heterocycles. The largest absolute Gasteiger partial charge is 0.399 e. The third-order valence-corrected chi connectivity index (χ3v) is 4.45. The molecule has 0 fully saturated rings. The smallest absolute Gasteiger partial charge is 0.132 e. The predicted octanol–water partition coefficient (Wildman–Crippen LogP) is 4.43. The number of nitrogen functional groups attached to an aromatic ring is 1. The van der Waals surface area contributed by atoms with Gasteiger partial charge in [0.15, 0.2) is 0 Å². The highest BCUT2D eigenvalue weighted by Crippen LogP contribution is 2.28. The highest BCUT2D eigenvalue weighted by molar-refractivity contribution is 5.86. The van der Waals surface area contributed by atoms with Crippen molar-refractivity contribution >= 4 is 16.5 Å². The highest BCUT2D eigenvalue weighted by atomic mass is 19.1. The third-order valence-electron chi connectivity index (χ3n) is 4.45. The predicted molar refractivity (Wildman–Crippen MR) is 97.6 cm³/mol. The SMILES string of the molecule is CC(c1cccc2ccccc12)n1cc(-c2cc(N)ccc2F)nn1. The maximum atomic E-state index is 14.1. The summed E-state index contributed by atoms with van der Waals surface area (Å²) in [6.45, 7) is 2.05. The van der Waals surface area contributed by atoms with Crippen LogP contribution in [0.1, 0.15) is 18.5 Å². The first kappa shape index (κ1) is 15.3. The van der Waals surface area contributed by atoms with E-state index in [9.17, 15) is 4.39 Å².